The van der Waals surface area contributed by atoms with E-state index in [1.54, 1.807) is 0 Å². The number of aromatic nitrogens is 3. The highest BCUT2D eigenvalue weighted by atomic mass is 15.1. The Kier molecular flexibility index (Phi) is 3.76. The standard InChI is InChI=1S/C24H17N3/c1-2-6-17(7-3-1)10-12-23-21-16-18(11-13-24(21)27-26-23)19-14-15-25-22-9-5-4-8-20(19)22/h1-16H,(H,26,27). The molecule has 0 atom stereocenters. The fourth-order valence-electron chi connectivity index (χ4n) is 3.42. The summed E-state index contributed by atoms with van der Waals surface area (Å²) in [7, 11) is 0. The van der Waals surface area contributed by atoms with Crippen LogP contribution in [0, 0.1) is 0 Å². The molecular formula is C24H17N3. The molecule has 0 unspecified atom stereocenters. The summed E-state index contributed by atoms with van der Waals surface area (Å²) in [5.41, 5.74) is 6.48. The molecule has 0 aliphatic heterocycles. The van der Waals surface area contributed by atoms with Gasteiger partial charge in [0.1, 0.15) is 0 Å². The van der Waals surface area contributed by atoms with Crippen molar-refractivity contribution in [3.8, 4) is 11.1 Å². The first-order valence-electron chi connectivity index (χ1n) is 8.94. The summed E-state index contributed by atoms with van der Waals surface area (Å²) in [6.07, 6.45) is 6.01. The largest absolute Gasteiger partial charge is 0.277 e. The van der Waals surface area contributed by atoms with E-state index in [4.69, 9.17) is 0 Å². The predicted molar refractivity (Wildman–Crippen MR) is 112 cm³/mol. The highest BCUT2D eigenvalue weighted by molar-refractivity contribution is 5.98. The third kappa shape index (κ3) is 2.89. The third-order valence-corrected chi connectivity index (χ3v) is 4.79. The van der Waals surface area contributed by atoms with Gasteiger partial charge in [0.15, 0.2) is 0 Å². The van der Waals surface area contributed by atoms with Gasteiger partial charge in [0.05, 0.1) is 16.7 Å². The number of aromatic amines is 1. The zero-order chi connectivity index (χ0) is 18.1. The topological polar surface area (TPSA) is 41.6 Å². The van der Waals surface area contributed by atoms with Gasteiger partial charge in [0, 0.05) is 17.0 Å². The number of para-hydroxylation sites is 1. The van der Waals surface area contributed by atoms with Crippen molar-refractivity contribution >= 4 is 34.0 Å². The maximum atomic E-state index is 4.48. The van der Waals surface area contributed by atoms with Gasteiger partial charge in [0.2, 0.25) is 0 Å². The lowest BCUT2D eigenvalue weighted by atomic mass is 9.99. The van der Waals surface area contributed by atoms with Crippen LogP contribution in [0.1, 0.15) is 11.3 Å². The first kappa shape index (κ1) is 15.5. The summed E-state index contributed by atoms with van der Waals surface area (Å²) >= 11 is 0. The van der Waals surface area contributed by atoms with Gasteiger partial charge < -0.3 is 0 Å². The molecule has 2 heterocycles. The Balaban J connectivity index is 1.62. The van der Waals surface area contributed by atoms with Crippen LogP contribution in [0.3, 0.4) is 0 Å². The van der Waals surface area contributed by atoms with Crippen molar-refractivity contribution in [3.05, 3.63) is 96.3 Å². The maximum Gasteiger partial charge on any atom is 0.0927 e. The molecule has 0 bridgehead atoms. The van der Waals surface area contributed by atoms with Crippen molar-refractivity contribution in [1.29, 1.82) is 0 Å². The van der Waals surface area contributed by atoms with Crippen LogP contribution >= 0.6 is 0 Å². The molecule has 2 aromatic heterocycles. The number of nitrogens with zero attached hydrogens (tertiary/aromatic N) is 2. The van der Waals surface area contributed by atoms with Gasteiger partial charge in [0.25, 0.3) is 0 Å². The summed E-state index contributed by atoms with van der Waals surface area (Å²) in [4.78, 5) is 4.47. The highest BCUT2D eigenvalue weighted by Gasteiger charge is 2.08. The molecule has 5 rings (SSSR count). The monoisotopic (exact) mass is 347 g/mol. The lowest BCUT2D eigenvalue weighted by Crippen LogP contribution is -1.84. The van der Waals surface area contributed by atoms with E-state index in [0.29, 0.717) is 0 Å². The van der Waals surface area contributed by atoms with Crippen molar-refractivity contribution in [1.82, 2.24) is 15.2 Å². The minimum Gasteiger partial charge on any atom is -0.277 e. The fourth-order valence-corrected chi connectivity index (χ4v) is 3.42. The first-order valence-corrected chi connectivity index (χ1v) is 8.94. The van der Waals surface area contributed by atoms with E-state index in [2.05, 4.69) is 75.9 Å². The molecule has 0 aliphatic carbocycles. The van der Waals surface area contributed by atoms with Gasteiger partial charge in [-0.2, -0.15) is 5.10 Å². The molecule has 27 heavy (non-hydrogen) atoms. The van der Waals surface area contributed by atoms with Gasteiger partial charge in [-0.25, -0.2) is 0 Å². The number of pyridine rings is 1. The van der Waals surface area contributed by atoms with Crippen LogP contribution in [0.5, 0.6) is 0 Å². The Morgan fingerprint density at radius 2 is 1.59 bits per heavy atom. The number of hydrogen-bond acceptors (Lipinski definition) is 2. The van der Waals surface area contributed by atoms with Crippen LogP contribution in [0.15, 0.2) is 85.1 Å². The Labute approximate surface area is 157 Å². The van der Waals surface area contributed by atoms with Gasteiger partial charge in [-0.3, -0.25) is 10.1 Å². The van der Waals surface area contributed by atoms with Crippen molar-refractivity contribution in [3.63, 3.8) is 0 Å². The number of benzene rings is 3. The number of hydrogen-bond donors (Lipinski definition) is 1. The molecule has 0 fully saturated rings. The van der Waals surface area contributed by atoms with Crippen LogP contribution in [0.25, 0.3) is 45.1 Å². The molecule has 0 saturated heterocycles. The van der Waals surface area contributed by atoms with Crippen LogP contribution in [-0.4, -0.2) is 15.2 Å². The van der Waals surface area contributed by atoms with Crippen molar-refractivity contribution in [2.24, 2.45) is 0 Å². The Bertz CT molecular complexity index is 1260. The second-order valence-electron chi connectivity index (χ2n) is 6.49. The van der Waals surface area contributed by atoms with Gasteiger partial charge in [-0.05, 0) is 47.0 Å². The SMILES string of the molecule is C(=Cc1n[nH]c2ccc(-c3ccnc4ccccc34)cc12)c1ccccc1. The fraction of sp³-hybridized carbons (Fsp3) is 0. The predicted octanol–water partition coefficient (Wildman–Crippen LogP) is 5.95. The Hall–Kier alpha value is -3.72. The van der Waals surface area contributed by atoms with E-state index in [0.717, 1.165) is 38.6 Å². The number of rotatable bonds is 3. The van der Waals surface area contributed by atoms with Crippen LogP contribution in [-0.2, 0) is 0 Å². The molecule has 0 saturated carbocycles. The lowest BCUT2D eigenvalue weighted by molar-refractivity contribution is 1.11. The van der Waals surface area contributed by atoms with E-state index in [1.165, 1.54) is 5.56 Å². The van der Waals surface area contributed by atoms with Crippen molar-refractivity contribution in [2.75, 3.05) is 0 Å². The number of nitrogens with one attached hydrogen (secondary N) is 1. The van der Waals surface area contributed by atoms with E-state index in [-0.39, 0.29) is 0 Å². The Morgan fingerprint density at radius 1 is 0.741 bits per heavy atom. The van der Waals surface area contributed by atoms with Crippen molar-refractivity contribution in [2.45, 2.75) is 0 Å². The molecule has 128 valence electrons. The summed E-state index contributed by atoms with van der Waals surface area (Å²) in [6.45, 7) is 0. The van der Waals surface area contributed by atoms with Gasteiger partial charge in [-0.15, -0.1) is 0 Å². The van der Waals surface area contributed by atoms with Gasteiger partial charge in [-0.1, -0.05) is 60.7 Å². The normalized spacial score (nSPS) is 11.6. The zero-order valence-electron chi connectivity index (χ0n) is 14.6. The summed E-state index contributed by atoms with van der Waals surface area (Å²) < 4.78 is 0. The molecular weight excluding hydrogens is 330 g/mol. The molecule has 0 spiro atoms. The first-order chi connectivity index (χ1) is 13.4. The third-order valence-electron chi connectivity index (χ3n) is 4.79. The molecule has 3 nitrogen and oxygen atoms in total. The second-order valence-corrected chi connectivity index (χ2v) is 6.49. The summed E-state index contributed by atoms with van der Waals surface area (Å²) in [5.74, 6) is 0. The van der Waals surface area contributed by atoms with E-state index in [1.807, 2.05) is 36.5 Å². The quantitative estimate of drug-likeness (QED) is 0.438. The lowest BCUT2D eigenvalue weighted by Gasteiger charge is -2.06. The van der Waals surface area contributed by atoms with E-state index in [9.17, 15) is 0 Å². The average molecular weight is 347 g/mol. The van der Waals surface area contributed by atoms with Crippen LogP contribution < -0.4 is 0 Å². The molecule has 0 aliphatic rings. The van der Waals surface area contributed by atoms with E-state index >= 15 is 0 Å². The average Bonchev–Trinajstić information content (AvgIpc) is 3.15. The molecule has 5 aromatic rings. The smallest absolute Gasteiger partial charge is 0.0927 e. The second kappa shape index (κ2) is 6.54. The van der Waals surface area contributed by atoms with Crippen molar-refractivity contribution < 1.29 is 0 Å². The maximum absolute atomic E-state index is 4.48. The van der Waals surface area contributed by atoms with Gasteiger partial charge >= 0.3 is 0 Å². The minimum absolute atomic E-state index is 0.939. The zero-order valence-corrected chi connectivity index (χ0v) is 14.6. The summed E-state index contributed by atoms with van der Waals surface area (Å²) in [6, 6.07) is 27.0. The Morgan fingerprint density at radius 3 is 2.52 bits per heavy atom. The van der Waals surface area contributed by atoms with Crippen LogP contribution in [0.2, 0.25) is 0 Å². The van der Waals surface area contributed by atoms with Crippen LogP contribution in [0.4, 0.5) is 0 Å². The highest BCUT2D eigenvalue weighted by Crippen LogP contribution is 2.30. The number of H-pyrrole nitrogens is 1. The van der Waals surface area contributed by atoms with E-state index < -0.39 is 0 Å². The number of fused-ring (bicyclic) bond motifs is 2. The molecule has 0 amide bonds. The molecule has 3 aromatic carbocycles. The molecule has 1 N–H and O–H groups in total. The minimum atomic E-state index is 0.939. The summed E-state index contributed by atoms with van der Waals surface area (Å²) in [5, 5.41) is 9.88. The molecule has 0 radical (unpaired) electrons. The molecule has 3 heteroatoms.